The largest absolute Gasteiger partial charge is 0.481 e. The van der Waals surface area contributed by atoms with Gasteiger partial charge in [0.15, 0.2) is 0 Å². The number of rotatable bonds is 4. The standard InChI is InChI=1S/C5H7NO4/c6-5(10)3(7)1-2-4(8)9/h1-2H2,(H2,6,10)(H,8,9). The predicted octanol–water partition coefficient (Wildman–Crippen LogP) is -1.09. The number of hydrogen-bond donors (Lipinski definition) is 2. The number of primary amides is 1. The molecule has 0 radical (unpaired) electrons. The van der Waals surface area contributed by atoms with E-state index in [-0.39, 0.29) is 12.8 Å². The molecule has 5 nitrogen and oxygen atoms in total. The highest BCUT2D eigenvalue weighted by Crippen LogP contribution is 1.89. The Morgan fingerprint density at radius 1 is 1.20 bits per heavy atom. The fourth-order valence-corrected chi connectivity index (χ4v) is 0.344. The molecule has 0 aromatic heterocycles. The van der Waals surface area contributed by atoms with Crippen molar-refractivity contribution in [1.82, 2.24) is 0 Å². The lowest BCUT2D eigenvalue weighted by Crippen LogP contribution is -2.23. The second-order valence-electron chi connectivity index (χ2n) is 1.68. The molecular weight excluding hydrogens is 138 g/mol. The van der Waals surface area contributed by atoms with Gasteiger partial charge in [-0.1, -0.05) is 0 Å². The Morgan fingerprint density at radius 3 is 2.00 bits per heavy atom. The van der Waals surface area contributed by atoms with Gasteiger partial charge in [-0.25, -0.2) is 0 Å². The van der Waals surface area contributed by atoms with Crippen LogP contribution in [-0.4, -0.2) is 22.8 Å². The number of carboxylic acids is 1. The fraction of sp³-hybridized carbons (Fsp3) is 0.400. The number of nitrogens with two attached hydrogens (primary N) is 1. The average molecular weight is 145 g/mol. The molecule has 0 aromatic rings. The average Bonchev–Trinajstić information content (AvgIpc) is 1.82. The van der Waals surface area contributed by atoms with Gasteiger partial charge in [0, 0.05) is 6.42 Å². The minimum atomic E-state index is -1.12. The molecule has 0 atom stereocenters. The van der Waals surface area contributed by atoms with Crippen LogP contribution in [0.5, 0.6) is 0 Å². The van der Waals surface area contributed by atoms with E-state index >= 15 is 0 Å². The molecule has 0 aromatic carbocycles. The van der Waals surface area contributed by atoms with Gasteiger partial charge < -0.3 is 10.8 Å². The van der Waals surface area contributed by atoms with Gasteiger partial charge >= 0.3 is 5.97 Å². The lowest BCUT2D eigenvalue weighted by molar-refractivity contribution is -0.140. The van der Waals surface area contributed by atoms with Crippen molar-refractivity contribution in [3.05, 3.63) is 0 Å². The molecule has 0 unspecified atom stereocenters. The van der Waals surface area contributed by atoms with E-state index in [0.29, 0.717) is 0 Å². The van der Waals surface area contributed by atoms with Crippen LogP contribution in [0.25, 0.3) is 0 Å². The Morgan fingerprint density at radius 2 is 1.70 bits per heavy atom. The number of amides is 1. The third-order valence-corrected chi connectivity index (χ3v) is 0.841. The van der Waals surface area contributed by atoms with Gasteiger partial charge in [-0.15, -0.1) is 0 Å². The molecule has 0 saturated carbocycles. The van der Waals surface area contributed by atoms with Gasteiger partial charge in [0.05, 0.1) is 6.42 Å². The van der Waals surface area contributed by atoms with Crippen molar-refractivity contribution in [1.29, 1.82) is 0 Å². The monoisotopic (exact) mass is 145 g/mol. The summed E-state index contributed by atoms with van der Waals surface area (Å²) in [5.41, 5.74) is 4.54. The van der Waals surface area contributed by atoms with Crippen LogP contribution in [0.2, 0.25) is 0 Å². The molecule has 0 aliphatic rings. The number of Topliss-reactive ketones (excluding diaryl/α,β-unsaturated/α-hetero) is 1. The van der Waals surface area contributed by atoms with Crippen molar-refractivity contribution in [2.75, 3.05) is 0 Å². The third kappa shape index (κ3) is 3.59. The number of aliphatic carboxylic acids is 1. The predicted molar refractivity (Wildman–Crippen MR) is 31.1 cm³/mol. The minimum Gasteiger partial charge on any atom is -0.481 e. The molecule has 56 valence electrons. The topological polar surface area (TPSA) is 97.5 Å². The Kier molecular flexibility index (Phi) is 3.10. The first-order chi connectivity index (χ1) is 4.54. The first kappa shape index (κ1) is 8.61. The molecule has 0 fully saturated rings. The first-order valence-corrected chi connectivity index (χ1v) is 2.58. The Labute approximate surface area is 56.8 Å². The van der Waals surface area contributed by atoms with E-state index in [0.717, 1.165) is 0 Å². The highest BCUT2D eigenvalue weighted by atomic mass is 16.4. The Balaban J connectivity index is 3.60. The lowest BCUT2D eigenvalue weighted by Gasteiger charge is -1.89. The maximum absolute atomic E-state index is 10.3. The van der Waals surface area contributed by atoms with Crippen molar-refractivity contribution in [2.24, 2.45) is 5.73 Å². The van der Waals surface area contributed by atoms with Crippen molar-refractivity contribution < 1.29 is 19.5 Å². The van der Waals surface area contributed by atoms with Crippen LogP contribution in [0.1, 0.15) is 12.8 Å². The van der Waals surface area contributed by atoms with Gasteiger partial charge in [-0.2, -0.15) is 0 Å². The molecule has 10 heavy (non-hydrogen) atoms. The summed E-state index contributed by atoms with van der Waals surface area (Å²) in [6.07, 6.45) is -0.660. The molecule has 0 bridgehead atoms. The second kappa shape index (κ2) is 3.60. The van der Waals surface area contributed by atoms with Crippen LogP contribution < -0.4 is 5.73 Å². The quantitative estimate of drug-likeness (QED) is 0.491. The van der Waals surface area contributed by atoms with Gasteiger partial charge in [-0.05, 0) is 0 Å². The van der Waals surface area contributed by atoms with Crippen molar-refractivity contribution >= 4 is 17.7 Å². The SMILES string of the molecule is NC(=O)C(=O)CCC(=O)O. The maximum atomic E-state index is 10.3. The second-order valence-corrected chi connectivity index (χ2v) is 1.68. The van der Waals surface area contributed by atoms with Crippen LogP contribution in [0.15, 0.2) is 0 Å². The number of carbonyl (C=O) groups excluding carboxylic acids is 2. The van der Waals surface area contributed by atoms with Crippen LogP contribution in [0, 0.1) is 0 Å². The summed E-state index contributed by atoms with van der Waals surface area (Å²) in [5, 5.41) is 8.04. The molecule has 0 spiro atoms. The Bertz CT molecular complexity index is 174. The summed E-state index contributed by atoms with van der Waals surface area (Å²) in [6.45, 7) is 0. The van der Waals surface area contributed by atoms with E-state index in [1.165, 1.54) is 0 Å². The zero-order chi connectivity index (χ0) is 8.15. The summed E-state index contributed by atoms with van der Waals surface area (Å²) in [5.74, 6) is -3.04. The van der Waals surface area contributed by atoms with E-state index in [4.69, 9.17) is 5.11 Å². The zero-order valence-electron chi connectivity index (χ0n) is 5.16. The highest BCUT2D eigenvalue weighted by molar-refractivity contribution is 6.35. The van der Waals surface area contributed by atoms with Crippen LogP contribution in [0.4, 0.5) is 0 Å². The van der Waals surface area contributed by atoms with Crippen molar-refractivity contribution in [3.8, 4) is 0 Å². The molecule has 0 aliphatic carbocycles. The normalized spacial score (nSPS) is 8.80. The summed E-state index contributed by atoms with van der Waals surface area (Å²) in [4.78, 5) is 30.1. The molecule has 3 N–H and O–H groups in total. The number of carbonyl (C=O) groups is 3. The van der Waals surface area contributed by atoms with Gasteiger partial charge in [-0.3, -0.25) is 14.4 Å². The zero-order valence-corrected chi connectivity index (χ0v) is 5.16. The maximum Gasteiger partial charge on any atom is 0.303 e. The van der Waals surface area contributed by atoms with E-state index in [1.54, 1.807) is 0 Å². The van der Waals surface area contributed by atoms with Crippen molar-refractivity contribution in [3.63, 3.8) is 0 Å². The number of ketones is 1. The summed E-state index contributed by atoms with van der Waals surface area (Å²) < 4.78 is 0. The van der Waals surface area contributed by atoms with Gasteiger partial charge in [0.2, 0.25) is 5.78 Å². The number of hydrogen-bond acceptors (Lipinski definition) is 3. The van der Waals surface area contributed by atoms with E-state index in [1.807, 2.05) is 0 Å². The first-order valence-electron chi connectivity index (χ1n) is 2.58. The fourth-order valence-electron chi connectivity index (χ4n) is 0.344. The van der Waals surface area contributed by atoms with Crippen molar-refractivity contribution in [2.45, 2.75) is 12.8 Å². The minimum absolute atomic E-state index is 0.315. The van der Waals surface area contributed by atoms with Crippen LogP contribution in [0.3, 0.4) is 0 Å². The molecule has 5 heteroatoms. The van der Waals surface area contributed by atoms with E-state index in [2.05, 4.69) is 5.73 Å². The molecule has 0 heterocycles. The molecule has 0 rings (SSSR count). The molecular formula is C5H7NO4. The highest BCUT2D eigenvalue weighted by Gasteiger charge is 2.09. The van der Waals surface area contributed by atoms with Gasteiger partial charge in [0.1, 0.15) is 0 Å². The lowest BCUT2D eigenvalue weighted by atomic mass is 10.2. The summed E-state index contributed by atoms with van der Waals surface area (Å²) in [7, 11) is 0. The third-order valence-electron chi connectivity index (χ3n) is 0.841. The van der Waals surface area contributed by atoms with E-state index in [9.17, 15) is 14.4 Å². The van der Waals surface area contributed by atoms with Crippen LogP contribution >= 0.6 is 0 Å². The Hall–Kier alpha value is -1.39. The summed E-state index contributed by atoms with van der Waals surface area (Å²) in [6, 6.07) is 0. The summed E-state index contributed by atoms with van der Waals surface area (Å²) >= 11 is 0. The van der Waals surface area contributed by atoms with Gasteiger partial charge in [0.25, 0.3) is 5.91 Å². The van der Waals surface area contributed by atoms with Crippen LogP contribution in [-0.2, 0) is 14.4 Å². The number of carboxylic acid groups (broad SMARTS) is 1. The molecule has 0 aliphatic heterocycles. The van der Waals surface area contributed by atoms with E-state index < -0.39 is 17.7 Å². The molecule has 1 amide bonds. The molecule has 0 saturated heterocycles. The smallest absolute Gasteiger partial charge is 0.303 e.